The van der Waals surface area contributed by atoms with Crippen LogP contribution in [-0.4, -0.2) is 83.4 Å². The molecule has 0 unspecified atom stereocenters. The minimum Gasteiger partial charge on any atom is -0.476 e. The van der Waals surface area contributed by atoms with Crippen LogP contribution < -0.4 is 4.90 Å². The lowest BCUT2D eigenvalue weighted by molar-refractivity contribution is 0.0230. The lowest BCUT2D eigenvalue weighted by Gasteiger charge is -2.43. The first kappa shape index (κ1) is 18.5. The maximum atomic E-state index is 12.5. The second kappa shape index (κ2) is 8.02. The lowest BCUT2D eigenvalue weighted by atomic mass is 9.91. The van der Waals surface area contributed by atoms with Gasteiger partial charge in [0.2, 0.25) is 0 Å². The van der Waals surface area contributed by atoms with Crippen LogP contribution in [0.1, 0.15) is 42.6 Å². The Morgan fingerprint density at radius 1 is 1.07 bits per heavy atom. The van der Waals surface area contributed by atoms with Gasteiger partial charge < -0.3 is 19.6 Å². The zero-order chi connectivity index (χ0) is 18.8. The summed E-state index contributed by atoms with van der Waals surface area (Å²) in [6.45, 7) is 4.86. The third-order valence-electron chi connectivity index (χ3n) is 5.85. The summed E-state index contributed by atoms with van der Waals surface area (Å²) in [5, 5.41) is 11.3. The van der Waals surface area contributed by atoms with Gasteiger partial charge in [-0.2, -0.15) is 0 Å². The Kier molecular flexibility index (Phi) is 5.49. The fourth-order valence-electron chi connectivity index (χ4n) is 3.91. The van der Waals surface area contributed by atoms with Crippen molar-refractivity contribution in [3.8, 4) is 0 Å². The van der Waals surface area contributed by atoms with Crippen LogP contribution in [0.15, 0.2) is 5.38 Å². The van der Waals surface area contributed by atoms with Crippen molar-refractivity contribution in [1.29, 1.82) is 0 Å². The van der Waals surface area contributed by atoms with Gasteiger partial charge in [0.05, 0.1) is 0 Å². The number of rotatable bonds is 4. The average molecular weight is 394 g/mol. The number of piperidine rings is 1. The van der Waals surface area contributed by atoms with Gasteiger partial charge in [0.25, 0.3) is 0 Å². The van der Waals surface area contributed by atoms with Crippen molar-refractivity contribution in [2.24, 2.45) is 0 Å². The van der Waals surface area contributed by atoms with Gasteiger partial charge >= 0.3 is 12.1 Å². The minimum atomic E-state index is -1.00. The van der Waals surface area contributed by atoms with Crippen molar-refractivity contribution in [2.75, 3.05) is 44.2 Å². The first-order valence-electron chi connectivity index (χ1n) is 9.73. The Balaban J connectivity index is 1.20. The SMILES string of the molecule is O=C(O)c1csc(N2CCC(OC(=O)N3CCN(C4CCC4)CC3)CC2)n1. The molecule has 1 aromatic heterocycles. The van der Waals surface area contributed by atoms with Crippen LogP contribution in [0.2, 0.25) is 0 Å². The van der Waals surface area contributed by atoms with Crippen LogP contribution in [0.25, 0.3) is 0 Å². The van der Waals surface area contributed by atoms with Crippen molar-refractivity contribution in [3.63, 3.8) is 0 Å². The van der Waals surface area contributed by atoms with Crippen molar-refractivity contribution in [1.82, 2.24) is 14.8 Å². The maximum absolute atomic E-state index is 12.5. The number of nitrogens with zero attached hydrogens (tertiary/aromatic N) is 4. The number of thiazole rings is 1. The molecule has 0 aromatic carbocycles. The molecule has 0 bridgehead atoms. The fraction of sp³-hybridized carbons (Fsp3) is 0.722. The van der Waals surface area contributed by atoms with E-state index in [1.165, 1.54) is 30.6 Å². The van der Waals surface area contributed by atoms with Crippen molar-refractivity contribution < 1.29 is 19.4 Å². The molecular formula is C18H26N4O4S. The molecule has 148 valence electrons. The van der Waals surface area contributed by atoms with Crippen LogP contribution >= 0.6 is 11.3 Å². The molecule has 0 spiro atoms. The molecule has 0 atom stereocenters. The van der Waals surface area contributed by atoms with Crippen LogP contribution in [0.5, 0.6) is 0 Å². The summed E-state index contributed by atoms with van der Waals surface area (Å²) in [5.41, 5.74) is 0.0876. The zero-order valence-electron chi connectivity index (χ0n) is 15.4. The van der Waals surface area contributed by atoms with Gasteiger partial charge in [-0.25, -0.2) is 14.6 Å². The maximum Gasteiger partial charge on any atom is 0.410 e. The number of aromatic nitrogens is 1. The van der Waals surface area contributed by atoms with Gasteiger partial charge in [-0.3, -0.25) is 4.90 Å². The van der Waals surface area contributed by atoms with E-state index < -0.39 is 5.97 Å². The van der Waals surface area contributed by atoms with Crippen LogP contribution in [0, 0.1) is 0 Å². The third-order valence-corrected chi connectivity index (χ3v) is 6.76. The number of amides is 1. The van der Waals surface area contributed by atoms with Crippen LogP contribution in [0.4, 0.5) is 9.93 Å². The molecule has 4 rings (SSSR count). The number of carboxylic acids is 1. The van der Waals surface area contributed by atoms with E-state index in [2.05, 4.69) is 14.8 Å². The molecule has 3 heterocycles. The molecule has 1 aliphatic carbocycles. The molecule has 3 fully saturated rings. The highest BCUT2D eigenvalue weighted by Gasteiger charge is 2.31. The normalized spacial score (nSPS) is 22.5. The molecule has 1 N–H and O–H groups in total. The summed E-state index contributed by atoms with van der Waals surface area (Å²) >= 11 is 1.34. The molecule has 1 aromatic rings. The number of aromatic carboxylic acids is 1. The predicted molar refractivity (Wildman–Crippen MR) is 102 cm³/mol. The number of anilines is 1. The van der Waals surface area contributed by atoms with Gasteiger partial charge in [0.15, 0.2) is 10.8 Å². The first-order valence-corrected chi connectivity index (χ1v) is 10.6. The molecule has 2 saturated heterocycles. The Morgan fingerprint density at radius 2 is 1.78 bits per heavy atom. The fourth-order valence-corrected chi connectivity index (χ4v) is 4.76. The van der Waals surface area contributed by atoms with Gasteiger partial charge in [-0.15, -0.1) is 11.3 Å². The molecular weight excluding hydrogens is 368 g/mol. The van der Waals surface area contributed by atoms with E-state index in [1.807, 2.05) is 4.90 Å². The summed E-state index contributed by atoms with van der Waals surface area (Å²) in [6.07, 6.45) is 5.17. The highest BCUT2D eigenvalue weighted by Crippen LogP contribution is 2.27. The molecule has 1 saturated carbocycles. The summed E-state index contributed by atoms with van der Waals surface area (Å²) in [7, 11) is 0. The van der Waals surface area contributed by atoms with Gasteiger partial charge in [0, 0.05) is 63.5 Å². The second-order valence-corrected chi connectivity index (χ2v) is 8.33. The molecule has 9 heteroatoms. The Morgan fingerprint density at radius 3 is 2.33 bits per heavy atom. The van der Waals surface area contributed by atoms with Gasteiger partial charge in [0.1, 0.15) is 6.10 Å². The van der Waals surface area contributed by atoms with E-state index in [9.17, 15) is 9.59 Å². The van der Waals surface area contributed by atoms with Gasteiger partial charge in [-0.1, -0.05) is 6.42 Å². The number of piperazine rings is 1. The van der Waals surface area contributed by atoms with E-state index in [0.29, 0.717) is 0 Å². The third kappa shape index (κ3) is 4.19. The topological polar surface area (TPSA) is 86.2 Å². The summed E-state index contributed by atoms with van der Waals surface area (Å²) in [6, 6.07) is 0.736. The Bertz CT molecular complexity index is 677. The molecule has 3 aliphatic rings. The van der Waals surface area contributed by atoms with Crippen molar-refractivity contribution in [2.45, 2.75) is 44.2 Å². The number of ether oxygens (including phenoxy) is 1. The smallest absolute Gasteiger partial charge is 0.410 e. The van der Waals surface area contributed by atoms with Crippen molar-refractivity contribution >= 4 is 28.5 Å². The Hall–Kier alpha value is -1.87. The number of carbonyl (C=O) groups excluding carboxylic acids is 1. The van der Waals surface area contributed by atoms with E-state index in [1.54, 1.807) is 5.38 Å². The largest absolute Gasteiger partial charge is 0.476 e. The number of carbonyl (C=O) groups is 2. The van der Waals surface area contributed by atoms with Gasteiger partial charge in [-0.05, 0) is 12.8 Å². The average Bonchev–Trinajstić information content (AvgIpc) is 3.12. The zero-order valence-corrected chi connectivity index (χ0v) is 16.2. The molecule has 2 aliphatic heterocycles. The predicted octanol–water partition coefficient (Wildman–Crippen LogP) is 2.12. The molecule has 8 nitrogen and oxygen atoms in total. The van der Waals surface area contributed by atoms with E-state index in [-0.39, 0.29) is 17.9 Å². The van der Waals surface area contributed by atoms with Crippen LogP contribution in [0.3, 0.4) is 0 Å². The van der Waals surface area contributed by atoms with E-state index >= 15 is 0 Å². The molecule has 27 heavy (non-hydrogen) atoms. The quantitative estimate of drug-likeness (QED) is 0.837. The summed E-state index contributed by atoms with van der Waals surface area (Å²) in [5.74, 6) is -1.00. The highest BCUT2D eigenvalue weighted by molar-refractivity contribution is 7.13. The second-order valence-electron chi connectivity index (χ2n) is 7.50. The van der Waals surface area contributed by atoms with E-state index in [0.717, 1.165) is 63.3 Å². The Labute approximate surface area is 162 Å². The monoisotopic (exact) mass is 394 g/mol. The molecule has 0 radical (unpaired) electrons. The van der Waals surface area contributed by atoms with E-state index in [4.69, 9.17) is 9.84 Å². The lowest BCUT2D eigenvalue weighted by Crippen LogP contribution is -2.54. The standard InChI is InChI=1S/C18H26N4O4S/c23-16(24)15-12-27-17(19-15)21-6-4-14(5-7-21)26-18(25)22-10-8-20(9-11-22)13-2-1-3-13/h12-14H,1-11H2,(H,23,24). The minimum absolute atomic E-state index is 0.0719. The number of hydrogen-bond donors (Lipinski definition) is 1. The van der Waals surface area contributed by atoms with Crippen molar-refractivity contribution in [3.05, 3.63) is 11.1 Å². The first-order chi connectivity index (χ1) is 13.1. The van der Waals surface area contributed by atoms with Crippen LogP contribution in [-0.2, 0) is 4.74 Å². The number of hydrogen-bond acceptors (Lipinski definition) is 7. The summed E-state index contributed by atoms with van der Waals surface area (Å²) in [4.78, 5) is 34.0. The summed E-state index contributed by atoms with van der Waals surface area (Å²) < 4.78 is 5.73. The number of carboxylic acid groups (broad SMARTS) is 1. The molecule has 1 amide bonds. The highest BCUT2D eigenvalue weighted by atomic mass is 32.1.